The minimum atomic E-state index is -0.513. The minimum Gasteiger partial charge on any atom is -0.465 e. The molecule has 0 unspecified atom stereocenters. The zero-order chi connectivity index (χ0) is 19.1. The lowest BCUT2D eigenvalue weighted by molar-refractivity contribution is 0.0602. The minimum absolute atomic E-state index is 0.213. The average Bonchev–Trinajstić information content (AvgIpc) is 3.01. The maximum atomic E-state index is 12.9. The molecule has 0 radical (unpaired) electrons. The molecule has 0 spiro atoms. The van der Waals surface area contributed by atoms with Gasteiger partial charge in [0, 0.05) is 17.4 Å². The molecule has 136 valence electrons. The summed E-state index contributed by atoms with van der Waals surface area (Å²) in [5.41, 5.74) is 2.34. The summed E-state index contributed by atoms with van der Waals surface area (Å²) in [6.07, 6.45) is 3.14. The van der Waals surface area contributed by atoms with Crippen molar-refractivity contribution in [2.75, 3.05) is 7.11 Å². The number of aromatic nitrogens is 4. The summed E-state index contributed by atoms with van der Waals surface area (Å²) in [6.45, 7) is 2.05. The molecule has 27 heavy (non-hydrogen) atoms. The average molecular weight is 383 g/mol. The van der Waals surface area contributed by atoms with Gasteiger partial charge in [0.25, 0.3) is 5.56 Å². The first-order valence-corrected chi connectivity index (χ1v) is 8.58. The molecular weight excluding hydrogens is 368 g/mol. The van der Waals surface area contributed by atoms with E-state index in [2.05, 4.69) is 10.1 Å². The number of carbonyl (C=O) groups is 1. The van der Waals surface area contributed by atoms with Crippen molar-refractivity contribution < 1.29 is 9.53 Å². The Morgan fingerprint density at radius 2 is 2.04 bits per heavy atom. The number of ether oxygens (including phenoxy) is 1. The van der Waals surface area contributed by atoms with Crippen molar-refractivity contribution >= 4 is 34.1 Å². The Hall–Kier alpha value is -3.19. The third-order valence-corrected chi connectivity index (χ3v) is 4.82. The summed E-state index contributed by atoms with van der Waals surface area (Å²) in [5.74, 6) is -0.513. The van der Waals surface area contributed by atoms with Gasteiger partial charge in [-0.25, -0.2) is 14.3 Å². The number of aryl methyl sites for hydroxylation is 1. The number of methoxy groups -OCH3 is 1. The van der Waals surface area contributed by atoms with Gasteiger partial charge in [-0.2, -0.15) is 5.10 Å². The van der Waals surface area contributed by atoms with Gasteiger partial charge in [0.15, 0.2) is 5.65 Å². The van der Waals surface area contributed by atoms with Gasteiger partial charge < -0.3 is 9.30 Å². The highest BCUT2D eigenvalue weighted by molar-refractivity contribution is 6.31. The molecule has 0 aliphatic heterocycles. The number of rotatable bonds is 3. The van der Waals surface area contributed by atoms with Crippen LogP contribution < -0.4 is 5.56 Å². The Morgan fingerprint density at radius 3 is 2.78 bits per heavy atom. The molecule has 4 aromatic rings. The molecule has 0 bridgehead atoms. The van der Waals surface area contributed by atoms with E-state index in [9.17, 15) is 9.59 Å². The van der Waals surface area contributed by atoms with E-state index in [-0.39, 0.29) is 5.56 Å². The van der Waals surface area contributed by atoms with Gasteiger partial charge in [-0.1, -0.05) is 29.8 Å². The van der Waals surface area contributed by atoms with E-state index in [0.717, 1.165) is 5.56 Å². The van der Waals surface area contributed by atoms with Crippen molar-refractivity contribution in [1.29, 1.82) is 0 Å². The van der Waals surface area contributed by atoms with Crippen LogP contribution in [0.15, 0.2) is 47.5 Å². The summed E-state index contributed by atoms with van der Waals surface area (Å²) < 4.78 is 7.87. The van der Waals surface area contributed by atoms with Crippen LogP contribution >= 0.6 is 11.6 Å². The van der Waals surface area contributed by atoms with E-state index < -0.39 is 5.97 Å². The molecule has 0 saturated heterocycles. The predicted octanol–water partition coefficient (Wildman–Crippen LogP) is 2.84. The van der Waals surface area contributed by atoms with Crippen molar-refractivity contribution in [2.24, 2.45) is 0 Å². The zero-order valence-corrected chi connectivity index (χ0v) is 15.4. The molecule has 0 fully saturated rings. The summed E-state index contributed by atoms with van der Waals surface area (Å²) in [5, 5.41) is 5.36. The maximum Gasteiger partial charge on any atom is 0.343 e. The van der Waals surface area contributed by atoms with Gasteiger partial charge >= 0.3 is 5.97 Å². The Bertz CT molecular complexity index is 1260. The topological polar surface area (TPSA) is 78.5 Å². The largest absolute Gasteiger partial charge is 0.465 e. The van der Waals surface area contributed by atoms with Crippen LogP contribution in [0, 0.1) is 6.92 Å². The van der Waals surface area contributed by atoms with Crippen LogP contribution in [0.25, 0.3) is 16.6 Å². The van der Waals surface area contributed by atoms with Crippen LogP contribution in [-0.4, -0.2) is 32.2 Å². The molecule has 3 aromatic heterocycles. The van der Waals surface area contributed by atoms with Crippen molar-refractivity contribution in [1.82, 2.24) is 19.2 Å². The third-order valence-electron chi connectivity index (χ3n) is 4.45. The van der Waals surface area contributed by atoms with Crippen molar-refractivity contribution in [2.45, 2.75) is 13.5 Å². The summed E-state index contributed by atoms with van der Waals surface area (Å²) in [7, 11) is 1.31. The Morgan fingerprint density at radius 1 is 1.26 bits per heavy atom. The lowest BCUT2D eigenvalue weighted by Gasteiger charge is -2.09. The molecule has 3 heterocycles. The molecule has 0 aliphatic rings. The molecule has 0 atom stereocenters. The van der Waals surface area contributed by atoms with Gasteiger partial charge in [0.2, 0.25) is 0 Å². The third kappa shape index (κ3) is 2.76. The standard InChI is InChI=1S/C19H15ClN4O3/c1-11-16(19(26)27-2)17-21-9-13-15(24(17)22-11)7-8-23(18(13)25)10-12-5-3-4-6-14(12)20/h3-9H,10H2,1-2H3. The van der Waals surface area contributed by atoms with Crippen LogP contribution in [0.3, 0.4) is 0 Å². The second-order valence-electron chi connectivity index (χ2n) is 6.08. The van der Waals surface area contributed by atoms with Crippen LogP contribution in [0.5, 0.6) is 0 Å². The summed E-state index contributed by atoms with van der Waals surface area (Å²) in [4.78, 5) is 29.2. The smallest absolute Gasteiger partial charge is 0.343 e. The SMILES string of the molecule is COC(=O)c1c(C)nn2c1ncc1c(=O)n(Cc3ccccc3Cl)ccc12. The number of fused-ring (bicyclic) bond motifs is 3. The van der Waals surface area contributed by atoms with E-state index in [4.69, 9.17) is 16.3 Å². The van der Waals surface area contributed by atoms with Crippen LogP contribution in [0.4, 0.5) is 0 Å². The highest BCUT2D eigenvalue weighted by Gasteiger charge is 2.20. The number of halogens is 1. The number of nitrogens with zero attached hydrogens (tertiary/aromatic N) is 4. The van der Waals surface area contributed by atoms with Crippen molar-refractivity contribution in [3.63, 3.8) is 0 Å². The Labute approximate surface area is 158 Å². The molecule has 8 heteroatoms. The number of esters is 1. The predicted molar refractivity (Wildman–Crippen MR) is 101 cm³/mol. The fourth-order valence-electron chi connectivity index (χ4n) is 3.09. The molecule has 0 amide bonds. The summed E-state index contributed by atoms with van der Waals surface area (Å²) in [6, 6.07) is 9.15. The van der Waals surface area contributed by atoms with Crippen LogP contribution in [-0.2, 0) is 11.3 Å². The molecule has 0 saturated carbocycles. The van der Waals surface area contributed by atoms with Gasteiger partial charge in [0.05, 0.1) is 30.3 Å². The van der Waals surface area contributed by atoms with Gasteiger partial charge in [-0.05, 0) is 24.6 Å². The second kappa shape index (κ2) is 6.51. The lowest BCUT2D eigenvalue weighted by Crippen LogP contribution is -2.21. The molecule has 1 aromatic carbocycles. The van der Waals surface area contributed by atoms with Gasteiger partial charge in [-0.15, -0.1) is 0 Å². The summed E-state index contributed by atoms with van der Waals surface area (Å²) >= 11 is 6.20. The molecule has 4 rings (SSSR count). The van der Waals surface area contributed by atoms with Crippen molar-refractivity contribution in [3.05, 3.63) is 74.9 Å². The fraction of sp³-hybridized carbons (Fsp3) is 0.158. The normalized spacial score (nSPS) is 11.2. The van der Waals surface area contributed by atoms with E-state index >= 15 is 0 Å². The molecular formula is C19H15ClN4O3. The number of carbonyl (C=O) groups excluding carboxylic acids is 1. The van der Waals surface area contributed by atoms with Crippen LogP contribution in [0.1, 0.15) is 21.6 Å². The lowest BCUT2D eigenvalue weighted by atomic mass is 10.2. The Balaban J connectivity index is 1.90. The molecule has 0 aliphatic carbocycles. The van der Waals surface area contributed by atoms with Gasteiger partial charge in [-0.3, -0.25) is 4.79 Å². The first-order chi connectivity index (χ1) is 13.0. The molecule has 0 N–H and O–H groups in total. The zero-order valence-electron chi connectivity index (χ0n) is 14.6. The highest BCUT2D eigenvalue weighted by atomic mass is 35.5. The van der Waals surface area contributed by atoms with E-state index in [1.165, 1.54) is 17.8 Å². The fourth-order valence-corrected chi connectivity index (χ4v) is 3.29. The number of benzene rings is 1. The van der Waals surface area contributed by atoms with Crippen molar-refractivity contribution in [3.8, 4) is 0 Å². The van der Waals surface area contributed by atoms with Gasteiger partial charge in [0.1, 0.15) is 5.56 Å². The maximum absolute atomic E-state index is 12.9. The Kier molecular flexibility index (Phi) is 4.16. The van der Waals surface area contributed by atoms with E-state index in [0.29, 0.717) is 39.4 Å². The van der Waals surface area contributed by atoms with E-state index in [1.807, 2.05) is 18.2 Å². The monoisotopic (exact) mass is 382 g/mol. The molecule has 7 nitrogen and oxygen atoms in total. The first kappa shape index (κ1) is 17.2. The highest BCUT2D eigenvalue weighted by Crippen LogP contribution is 2.20. The van der Waals surface area contributed by atoms with E-state index in [1.54, 1.807) is 29.8 Å². The second-order valence-corrected chi connectivity index (χ2v) is 6.49. The quantitative estimate of drug-likeness (QED) is 0.509. The number of hydrogen-bond acceptors (Lipinski definition) is 5. The van der Waals surface area contributed by atoms with Crippen LogP contribution in [0.2, 0.25) is 5.02 Å². The number of hydrogen-bond donors (Lipinski definition) is 0. The number of pyridine rings is 1. The first-order valence-electron chi connectivity index (χ1n) is 8.20.